The Balaban J connectivity index is 0.000000695. The second-order valence-electron chi connectivity index (χ2n) is 9.53. The van der Waals surface area contributed by atoms with E-state index in [1.54, 1.807) is 42.1 Å². The molecule has 0 aromatic carbocycles. The summed E-state index contributed by atoms with van der Waals surface area (Å²) in [6.45, 7) is 4.18. The van der Waals surface area contributed by atoms with Gasteiger partial charge in [0.25, 0.3) is 11.5 Å². The number of aryl methyl sites for hydroxylation is 1. The first-order valence-corrected chi connectivity index (χ1v) is 13.3. The molecular weight excluding hydrogens is 532 g/mol. The number of nitrogens with two attached hydrogens (primary N) is 1. The number of nitrogens with zero attached hydrogens (tertiary/aromatic N) is 5. The topological polar surface area (TPSA) is 149 Å². The van der Waals surface area contributed by atoms with Crippen LogP contribution in [0.2, 0.25) is 0 Å². The SMILES string of the molecule is C.CC(=O)N1CCC(n2cc(-c3cnc(N)c4oc(-c5csc6cn(C)c(=O)cc56)cc34)cn2)CC1.CC(=O)O. The van der Waals surface area contributed by atoms with Gasteiger partial charge in [-0.3, -0.25) is 19.1 Å². The molecule has 0 spiro atoms. The third-order valence-electron chi connectivity index (χ3n) is 6.84. The van der Waals surface area contributed by atoms with Crippen LogP contribution in [0.4, 0.5) is 5.82 Å². The zero-order valence-corrected chi connectivity index (χ0v) is 22.6. The number of carboxylic acid groups (broad SMARTS) is 1. The van der Waals surface area contributed by atoms with Crippen LogP contribution in [0.25, 0.3) is 43.5 Å². The van der Waals surface area contributed by atoms with Gasteiger partial charge in [0.15, 0.2) is 11.4 Å². The van der Waals surface area contributed by atoms with Crippen LogP contribution in [-0.4, -0.2) is 54.3 Å². The largest absolute Gasteiger partial charge is 0.481 e. The van der Waals surface area contributed by atoms with Crippen molar-refractivity contribution in [3.05, 3.63) is 52.7 Å². The number of rotatable bonds is 3. The van der Waals surface area contributed by atoms with Crippen molar-refractivity contribution >= 4 is 50.1 Å². The van der Waals surface area contributed by atoms with E-state index in [0.717, 1.165) is 65.0 Å². The number of aliphatic carboxylic acids is 1. The molecule has 11 nitrogen and oxygen atoms in total. The highest BCUT2D eigenvalue weighted by Crippen LogP contribution is 2.40. The summed E-state index contributed by atoms with van der Waals surface area (Å²) >= 11 is 1.56. The van der Waals surface area contributed by atoms with E-state index in [4.69, 9.17) is 20.1 Å². The van der Waals surface area contributed by atoms with E-state index in [2.05, 4.69) is 10.1 Å². The van der Waals surface area contributed by atoms with Crippen LogP contribution in [0.1, 0.15) is 40.2 Å². The molecule has 6 rings (SSSR count). The van der Waals surface area contributed by atoms with Gasteiger partial charge in [-0.25, -0.2) is 4.98 Å². The van der Waals surface area contributed by atoms with Gasteiger partial charge in [0, 0.05) is 91.5 Å². The molecule has 0 bridgehead atoms. The van der Waals surface area contributed by atoms with Gasteiger partial charge in [0.1, 0.15) is 5.76 Å². The number of aromatic nitrogens is 4. The highest BCUT2D eigenvalue weighted by molar-refractivity contribution is 7.17. The van der Waals surface area contributed by atoms with E-state index in [1.165, 1.54) is 0 Å². The molecule has 1 fully saturated rings. The van der Waals surface area contributed by atoms with Crippen molar-refractivity contribution in [3.63, 3.8) is 0 Å². The van der Waals surface area contributed by atoms with Gasteiger partial charge in [-0.2, -0.15) is 5.10 Å². The number of piperidine rings is 1. The van der Waals surface area contributed by atoms with Crippen LogP contribution in [0.15, 0.2) is 51.5 Å². The van der Waals surface area contributed by atoms with Gasteiger partial charge >= 0.3 is 0 Å². The molecule has 1 aliphatic heterocycles. The van der Waals surface area contributed by atoms with Crippen molar-refractivity contribution in [3.8, 4) is 22.5 Å². The fourth-order valence-electron chi connectivity index (χ4n) is 4.82. The number of likely N-dealkylation sites (tertiary alicyclic amines) is 1. The zero-order chi connectivity index (χ0) is 27.8. The van der Waals surface area contributed by atoms with Gasteiger partial charge in [0.05, 0.1) is 16.9 Å². The van der Waals surface area contributed by atoms with Gasteiger partial charge in [0.2, 0.25) is 5.91 Å². The normalized spacial score (nSPS) is 13.6. The number of carbonyl (C=O) groups excluding carboxylic acids is 1. The number of carbonyl (C=O) groups is 2. The van der Waals surface area contributed by atoms with E-state index in [0.29, 0.717) is 17.2 Å². The Bertz CT molecular complexity index is 1750. The van der Waals surface area contributed by atoms with Crippen molar-refractivity contribution in [2.75, 3.05) is 18.8 Å². The maximum atomic E-state index is 12.2. The molecule has 0 aliphatic carbocycles. The molecule has 5 aromatic heterocycles. The number of carboxylic acids is 1. The van der Waals surface area contributed by atoms with Crippen LogP contribution >= 0.6 is 11.3 Å². The predicted octanol–water partition coefficient (Wildman–Crippen LogP) is 4.76. The molecule has 1 aliphatic rings. The quantitative estimate of drug-likeness (QED) is 0.318. The Morgan fingerprint density at radius 2 is 1.80 bits per heavy atom. The predicted molar refractivity (Wildman–Crippen MR) is 156 cm³/mol. The summed E-state index contributed by atoms with van der Waals surface area (Å²) in [5, 5.41) is 15.7. The minimum absolute atomic E-state index is 0. The van der Waals surface area contributed by atoms with Crippen LogP contribution in [0.3, 0.4) is 0 Å². The second kappa shape index (κ2) is 11.3. The molecule has 210 valence electrons. The Morgan fingerprint density at radius 3 is 2.48 bits per heavy atom. The van der Waals surface area contributed by atoms with Crippen molar-refractivity contribution in [1.29, 1.82) is 0 Å². The summed E-state index contributed by atoms with van der Waals surface area (Å²) in [6.07, 6.45) is 9.19. The third kappa shape index (κ3) is 5.48. The summed E-state index contributed by atoms with van der Waals surface area (Å²) in [4.78, 5) is 39.1. The lowest BCUT2D eigenvalue weighted by atomic mass is 10.0. The van der Waals surface area contributed by atoms with Gasteiger partial charge in [-0.15, -0.1) is 11.3 Å². The summed E-state index contributed by atoms with van der Waals surface area (Å²) in [5.41, 5.74) is 9.29. The maximum Gasteiger partial charge on any atom is 0.300 e. The lowest BCUT2D eigenvalue weighted by molar-refractivity contribution is -0.134. The molecule has 40 heavy (non-hydrogen) atoms. The van der Waals surface area contributed by atoms with E-state index >= 15 is 0 Å². The number of pyridine rings is 2. The monoisotopic (exact) mass is 564 g/mol. The molecular formula is C28H32N6O5S. The van der Waals surface area contributed by atoms with Gasteiger partial charge in [-0.1, -0.05) is 7.43 Å². The molecule has 0 atom stereocenters. The molecule has 12 heteroatoms. The zero-order valence-electron chi connectivity index (χ0n) is 21.7. The molecule has 3 N–H and O–H groups in total. The van der Waals surface area contributed by atoms with Crippen molar-refractivity contribution in [2.45, 2.75) is 40.2 Å². The van der Waals surface area contributed by atoms with Crippen molar-refractivity contribution < 1.29 is 19.1 Å². The first-order valence-electron chi connectivity index (χ1n) is 12.4. The van der Waals surface area contributed by atoms with Crippen LogP contribution in [-0.2, 0) is 16.6 Å². The van der Waals surface area contributed by atoms with E-state index in [1.807, 2.05) is 39.6 Å². The Kier molecular flexibility index (Phi) is 8.10. The number of nitrogen functional groups attached to an aromatic ring is 1. The Hall–Kier alpha value is -4.45. The average molecular weight is 565 g/mol. The van der Waals surface area contributed by atoms with E-state index in [-0.39, 0.29) is 24.9 Å². The number of hydrogen-bond donors (Lipinski definition) is 2. The molecule has 0 unspecified atom stereocenters. The summed E-state index contributed by atoms with van der Waals surface area (Å²) < 4.78 is 10.7. The first-order chi connectivity index (χ1) is 18.6. The minimum Gasteiger partial charge on any atom is -0.481 e. The highest BCUT2D eigenvalue weighted by Gasteiger charge is 2.23. The molecule has 1 amide bonds. The molecule has 6 heterocycles. The number of anilines is 1. The lowest BCUT2D eigenvalue weighted by Crippen LogP contribution is -2.37. The van der Waals surface area contributed by atoms with E-state index < -0.39 is 5.97 Å². The van der Waals surface area contributed by atoms with E-state index in [9.17, 15) is 9.59 Å². The second-order valence-corrected chi connectivity index (χ2v) is 10.4. The van der Waals surface area contributed by atoms with Gasteiger partial charge in [-0.05, 0) is 18.9 Å². The fourth-order valence-corrected chi connectivity index (χ4v) is 5.82. The molecule has 0 radical (unpaired) electrons. The number of furan rings is 1. The number of fused-ring (bicyclic) bond motifs is 2. The summed E-state index contributed by atoms with van der Waals surface area (Å²) in [6, 6.07) is 3.85. The fraction of sp³-hybridized carbons (Fsp3) is 0.321. The van der Waals surface area contributed by atoms with Gasteiger partial charge < -0.3 is 24.7 Å². The van der Waals surface area contributed by atoms with Crippen molar-refractivity contribution in [2.24, 2.45) is 7.05 Å². The Labute approximate surface area is 234 Å². The molecule has 1 saturated heterocycles. The van der Waals surface area contributed by atoms with Crippen LogP contribution < -0.4 is 11.3 Å². The third-order valence-corrected chi connectivity index (χ3v) is 7.77. The highest BCUT2D eigenvalue weighted by atomic mass is 32.1. The smallest absolute Gasteiger partial charge is 0.300 e. The average Bonchev–Trinajstić information content (AvgIpc) is 3.63. The number of hydrogen-bond acceptors (Lipinski definition) is 8. The van der Waals surface area contributed by atoms with Crippen molar-refractivity contribution in [1.82, 2.24) is 24.2 Å². The maximum absolute atomic E-state index is 12.2. The molecule has 5 aromatic rings. The minimum atomic E-state index is -0.833. The lowest BCUT2D eigenvalue weighted by Gasteiger charge is -2.31. The first kappa shape index (κ1) is 28.6. The van der Waals surface area contributed by atoms with Crippen LogP contribution in [0, 0.1) is 0 Å². The standard InChI is InChI=1S/C25H24N6O3S.C2H4O2.CH4/c1-14(32)30-5-3-16(4-6-30)31-11-15(9-28-31)19-10-27-25(26)24-18(19)7-21(34-24)20-13-35-22-12-29(2)23(33)8-17(20)22;1-2(3)4;/h7-13,16H,3-6H2,1-2H3,(H2,26,27);1H3,(H,3,4);1H4. The number of thiophene rings is 1. The Morgan fingerprint density at radius 1 is 1.10 bits per heavy atom. The number of amides is 1. The summed E-state index contributed by atoms with van der Waals surface area (Å²) in [5.74, 6) is 0.244. The van der Waals surface area contributed by atoms with Crippen LogP contribution in [0.5, 0.6) is 0 Å². The summed E-state index contributed by atoms with van der Waals surface area (Å²) in [7, 11) is 1.74. The molecule has 0 saturated carbocycles.